The van der Waals surface area contributed by atoms with Gasteiger partial charge in [-0.1, -0.05) is 6.58 Å². The smallest absolute Gasteiger partial charge is 0.0655 e. The van der Waals surface area contributed by atoms with E-state index in [-0.39, 0.29) is 0 Å². The molecule has 1 nitrogen and oxygen atoms in total. The van der Waals surface area contributed by atoms with E-state index in [1.165, 1.54) is 11.1 Å². The van der Waals surface area contributed by atoms with Gasteiger partial charge in [0.2, 0.25) is 0 Å². The Morgan fingerprint density at radius 3 is 2.70 bits per heavy atom. The summed E-state index contributed by atoms with van der Waals surface area (Å²) in [5.74, 6) is 0. The summed E-state index contributed by atoms with van der Waals surface area (Å²) >= 11 is 0. The van der Waals surface area contributed by atoms with Crippen molar-refractivity contribution in [3.8, 4) is 0 Å². The van der Waals surface area contributed by atoms with Crippen molar-refractivity contribution < 1.29 is 0 Å². The van der Waals surface area contributed by atoms with Crippen molar-refractivity contribution in [3.05, 3.63) is 35.7 Å². The molecule has 0 amide bonds. The summed E-state index contributed by atoms with van der Waals surface area (Å²) in [7, 11) is 0. The van der Waals surface area contributed by atoms with Gasteiger partial charge in [0.1, 0.15) is 0 Å². The lowest BCUT2D eigenvalue weighted by atomic mass is 10.1. The van der Waals surface area contributed by atoms with E-state index in [0.717, 1.165) is 5.69 Å². The van der Waals surface area contributed by atoms with Crippen LogP contribution in [0.3, 0.4) is 0 Å². The van der Waals surface area contributed by atoms with Gasteiger partial charge in [0.05, 0.1) is 5.69 Å². The Bertz CT molecular complexity index is 251. The summed E-state index contributed by atoms with van der Waals surface area (Å²) in [6.07, 6.45) is 3.58. The summed E-state index contributed by atoms with van der Waals surface area (Å²) in [5, 5.41) is 0. The first kappa shape index (κ1) is 7.00. The average Bonchev–Trinajstić information content (AvgIpc) is 1.95. The van der Waals surface area contributed by atoms with Gasteiger partial charge in [0.25, 0.3) is 0 Å². The van der Waals surface area contributed by atoms with Crippen molar-refractivity contribution in [2.45, 2.75) is 13.8 Å². The van der Waals surface area contributed by atoms with Crippen LogP contribution in [0.5, 0.6) is 0 Å². The largest absolute Gasteiger partial charge is 0.257 e. The monoisotopic (exact) mass is 133 g/mol. The predicted molar refractivity (Wildman–Crippen MR) is 43.8 cm³/mol. The highest BCUT2D eigenvalue weighted by atomic mass is 14.7. The van der Waals surface area contributed by atoms with Crippen molar-refractivity contribution in [2.75, 3.05) is 0 Å². The molecule has 52 valence electrons. The van der Waals surface area contributed by atoms with Gasteiger partial charge in [0, 0.05) is 6.20 Å². The molecule has 0 aliphatic rings. The zero-order chi connectivity index (χ0) is 7.56. The highest BCUT2D eigenvalue weighted by Crippen LogP contribution is 2.09. The molecule has 1 aromatic heterocycles. The third-order valence-electron chi connectivity index (χ3n) is 1.71. The summed E-state index contributed by atoms with van der Waals surface area (Å²) in [5.41, 5.74) is 3.47. The topological polar surface area (TPSA) is 12.9 Å². The van der Waals surface area contributed by atoms with E-state index in [9.17, 15) is 0 Å². The molecule has 0 unspecified atom stereocenters. The van der Waals surface area contributed by atoms with Crippen molar-refractivity contribution in [1.82, 2.24) is 4.98 Å². The maximum Gasteiger partial charge on any atom is 0.0655 e. The van der Waals surface area contributed by atoms with Crippen molar-refractivity contribution >= 4 is 6.08 Å². The van der Waals surface area contributed by atoms with E-state index in [0.29, 0.717) is 0 Å². The maximum atomic E-state index is 4.14. The number of nitrogens with zero attached hydrogens (tertiary/aromatic N) is 1. The molecule has 1 aromatic rings. The summed E-state index contributed by atoms with van der Waals surface area (Å²) in [6, 6.07) is 2.00. The Kier molecular flexibility index (Phi) is 1.86. The molecule has 0 saturated heterocycles. The van der Waals surface area contributed by atoms with E-state index in [1.807, 2.05) is 6.07 Å². The number of rotatable bonds is 1. The molecule has 0 aliphatic carbocycles. The minimum atomic E-state index is 0.986. The first-order valence-corrected chi connectivity index (χ1v) is 3.30. The van der Waals surface area contributed by atoms with Crippen LogP contribution in [-0.2, 0) is 0 Å². The third-order valence-corrected chi connectivity index (χ3v) is 1.71. The molecule has 0 aromatic carbocycles. The first-order chi connectivity index (χ1) is 4.75. The molecule has 0 radical (unpaired) electrons. The number of hydrogen-bond donors (Lipinski definition) is 0. The van der Waals surface area contributed by atoms with Crippen LogP contribution in [0.2, 0.25) is 0 Å². The lowest BCUT2D eigenvalue weighted by Gasteiger charge is -2.00. The van der Waals surface area contributed by atoms with Gasteiger partial charge in [-0.3, -0.25) is 4.98 Å². The van der Waals surface area contributed by atoms with E-state index in [4.69, 9.17) is 0 Å². The Labute approximate surface area is 61.4 Å². The van der Waals surface area contributed by atoms with Crippen molar-refractivity contribution in [1.29, 1.82) is 0 Å². The number of aryl methyl sites for hydroxylation is 1. The van der Waals surface area contributed by atoms with Gasteiger partial charge in [-0.2, -0.15) is 0 Å². The van der Waals surface area contributed by atoms with Crippen LogP contribution in [0.1, 0.15) is 16.8 Å². The van der Waals surface area contributed by atoms with Crippen LogP contribution >= 0.6 is 0 Å². The molecule has 0 spiro atoms. The van der Waals surface area contributed by atoms with Crippen LogP contribution in [0.25, 0.3) is 6.08 Å². The Morgan fingerprint density at radius 2 is 2.20 bits per heavy atom. The Balaban J connectivity index is 3.27. The number of aromatic nitrogens is 1. The van der Waals surface area contributed by atoms with E-state index < -0.39 is 0 Å². The first-order valence-electron chi connectivity index (χ1n) is 3.30. The lowest BCUT2D eigenvalue weighted by molar-refractivity contribution is 1.19. The standard InChI is InChI=1S/C9H11N/c1-4-9-8(3)7(2)5-6-10-9/h4-6H,1H2,2-3H3. The zero-order valence-electron chi connectivity index (χ0n) is 6.39. The van der Waals surface area contributed by atoms with Crippen LogP contribution in [0, 0.1) is 13.8 Å². The second-order valence-electron chi connectivity index (χ2n) is 2.34. The van der Waals surface area contributed by atoms with Gasteiger partial charge in [0.15, 0.2) is 0 Å². The average molecular weight is 133 g/mol. The quantitative estimate of drug-likeness (QED) is 0.573. The fraction of sp³-hybridized carbons (Fsp3) is 0.222. The van der Waals surface area contributed by atoms with Crippen LogP contribution in [0.4, 0.5) is 0 Å². The molecule has 0 aliphatic heterocycles. The SMILES string of the molecule is C=Cc1nccc(C)c1C. The minimum absolute atomic E-state index is 0.986. The van der Waals surface area contributed by atoms with Crippen molar-refractivity contribution in [2.24, 2.45) is 0 Å². The highest BCUT2D eigenvalue weighted by Gasteiger charge is 1.95. The molecular weight excluding hydrogens is 122 g/mol. The van der Waals surface area contributed by atoms with E-state index in [1.54, 1.807) is 12.3 Å². The normalized spacial score (nSPS) is 9.40. The molecule has 10 heavy (non-hydrogen) atoms. The van der Waals surface area contributed by atoms with Gasteiger partial charge < -0.3 is 0 Å². The highest BCUT2D eigenvalue weighted by molar-refractivity contribution is 5.48. The predicted octanol–water partition coefficient (Wildman–Crippen LogP) is 2.34. The molecule has 0 atom stereocenters. The summed E-state index contributed by atoms with van der Waals surface area (Å²) in [4.78, 5) is 4.14. The van der Waals surface area contributed by atoms with Gasteiger partial charge in [-0.25, -0.2) is 0 Å². The Hall–Kier alpha value is -1.11. The molecule has 1 heterocycles. The molecule has 0 N–H and O–H groups in total. The fourth-order valence-electron chi connectivity index (χ4n) is 0.859. The zero-order valence-corrected chi connectivity index (χ0v) is 6.39. The molecule has 0 saturated carbocycles. The second kappa shape index (κ2) is 2.65. The number of hydrogen-bond acceptors (Lipinski definition) is 1. The molecule has 0 bridgehead atoms. The van der Waals surface area contributed by atoms with Gasteiger partial charge in [-0.15, -0.1) is 0 Å². The van der Waals surface area contributed by atoms with Crippen molar-refractivity contribution in [3.63, 3.8) is 0 Å². The molecule has 0 fully saturated rings. The van der Waals surface area contributed by atoms with E-state index in [2.05, 4.69) is 25.4 Å². The summed E-state index contributed by atoms with van der Waals surface area (Å²) < 4.78 is 0. The number of pyridine rings is 1. The minimum Gasteiger partial charge on any atom is -0.257 e. The van der Waals surface area contributed by atoms with E-state index >= 15 is 0 Å². The molecular formula is C9H11N. The maximum absolute atomic E-state index is 4.14. The van der Waals surface area contributed by atoms with Crippen LogP contribution < -0.4 is 0 Å². The van der Waals surface area contributed by atoms with Crippen LogP contribution in [0.15, 0.2) is 18.8 Å². The molecule has 1 rings (SSSR count). The van der Waals surface area contributed by atoms with Crippen LogP contribution in [-0.4, -0.2) is 4.98 Å². The second-order valence-corrected chi connectivity index (χ2v) is 2.34. The Morgan fingerprint density at radius 1 is 1.50 bits per heavy atom. The van der Waals surface area contributed by atoms with Gasteiger partial charge >= 0.3 is 0 Å². The fourth-order valence-corrected chi connectivity index (χ4v) is 0.859. The summed E-state index contributed by atoms with van der Waals surface area (Å²) in [6.45, 7) is 7.80. The lowest BCUT2D eigenvalue weighted by Crippen LogP contribution is -1.88. The van der Waals surface area contributed by atoms with Gasteiger partial charge in [-0.05, 0) is 37.1 Å². The third kappa shape index (κ3) is 1.08. The molecule has 1 heteroatoms.